The normalized spacial score (nSPS) is 15.6. The van der Waals surface area contributed by atoms with Gasteiger partial charge in [-0.25, -0.2) is 0 Å². The zero-order chi connectivity index (χ0) is 17.1. The minimum absolute atomic E-state index is 0.218. The zero-order valence-electron chi connectivity index (χ0n) is 14.2. The minimum atomic E-state index is 0.218. The van der Waals surface area contributed by atoms with Crippen LogP contribution < -0.4 is 0 Å². The molecule has 2 heterocycles. The molecule has 1 saturated heterocycles. The summed E-state index contributed by atoms with van der Waals surface area (Å²) in [6.07, 6.45) is 2.40. The van der Waals surface area contributed by atoms with Gasteiger partial charge in [0, 0.05) is 31.6 Å². The molecular formula is C20H22N4O. The molecule has 1 aliphatic rings. The van der Waals surface area contributed by atoms with E-state index in [2.05, 4.69) is 22.1 Å². The summed E-state index contributed by atoms with van der Waals surface area (Å²) < 4.78 is 2.04. The lowest BCUT2D eigenvalue weighted by atomic mass is 10.1. The third-order valence-corrected chi connectivity index (χ3v) is 4.81. The van der Waals surface area contributed by atoms with E-state index in [1.54, 1.807) is 0 Å². The van der Waals surface area contributed by atoms with E-state index in [0.717, 1.165) is 43.9 Å². The molecule has 0 bridgehead atoms. The number of para-hydroxylation sites is 1. The SMILES string of the molecule is O=C(Cc1ccccc1)N1CCN(Cn2ncc3ccccc32)CC1. The maximum absolute atomic E-state index is 12.5. The molecule has 1 aromatic heterocycles. The van der Waals surface area contributed by atoms with Gasteiger partial charge >= 0.3 is 0 Å². The van der Waals surface area contributed by atoms with Crippen molar-refractivity contribution in [2.45, 2.75) is 13.1 Å². The predicted octanol–water partition coefficient (Wildman–Crippen LogP) is 2.38. The van der Waals surface area contributed by atoms with Crippen molar-refractivity contribution in [1.82, 2.24) is 19.6 Å². The highest BCUT2D eigenvalue weighted by atomic mass is 16.2. The Labute approximate surface area is 147 Å². The van der Waals surface area contributed by atoms with E-state index in [9.17, 15) is 4.79 Å². The van der Waals surface area contributed by atoms with E-state index >= 15 is 0 Å². The third-order valence-electron chi connectivity index (χ3n) is 4.81. The van der Waals surface area contributed by atoms with Gasteiger partial charge in [0.15, 0.2) is 0 Å². The Kier molecular flexibility index (Phi) is 4.48. The monoisotopic (exact) mass is 334 g/mol. The van der Waals surface area contributed by atoms with Crippen molar-refractivity contribution in [3.63, 3.8) is 0 Å². The van der Waals surface area contributed by atoms with Gasteiger partial charge in [-0.3, -0.25) is 14.4 Å². The van der Waals surface area contributed by atoms with Crippen molar-refractivity contribution >= 4 is 16.8 Å². The van der Waals surface area contributed by atoms with E-state index < -0.39 is 0 Å². The van der Waals surface area contributed by atoms with Gasteiger partial charge in [-0.1, -0.05) is 48.5 Å². The second kappa shape index (κ2) is 7.07. The number of carbonyl (C=O) groups excluding carboxylic acids is 1. The van der Waals surface area contributed by atoms with Crippen LogP contribution in [-0.2, 0) is 17.9 Å². The van der Waals surface area contributed by atoms with E-state index in [0.29, 0.717) is 6.42 Å². The van der Waals surface area contributed by atoms with Gasteiger partial charge in [0.2, 0.25) is 5.91 Å². The molecule has 25 heavy (non-hydrogen) atoms. The van der Waals surface area contributed by atoms with E-state index in [1.807, 2.05) is 58.2 Å². The van der Waals surface area contributed by atoms with Crippen LogP contribution in [0.1, 0.15) is 5.56 Å². The van der Waals surface area contributed by atoms with Crippen molar-refractivity contribution < 1.29 is 4.79 Å². The lowest BCUT2D eigenvalue weighted by Gasteiger charge is -2.34. The van der Waals surface area contributed by atoms with Crippen LogP contribution in [0.2, 0.25) is 0 Å². The summed E-state index contributed by atoms with van der Waals surface area (Å²) in [7, 11) is 0. The van der Waals surface area contributed by atoms with E-state index in [1.165, 1.54) is 5.39 Å². The summed E-state index contributed by atoms with van der Waals surface area (Å²) in [6, 6.07) is 18.2. The maximum Gasteiger partial charge on any atom is 0.227 e. The van der Waals surface area contributed by atoms with Gasteiger partial charge in [0.05, 0.1) is 24.8 Å². The Hall–Kier alpha value is -2.66. The molecule has 0 N–H and O–H groups in total. The summed E-state index contributed by atoms with van der Waals surface area (Å²) in [5, 5.41) is 5.66. The van der Waals surface area contributed by atoms with Crippen molar-refractivity contribution in [2.24, 2.45) is 0 Å². The van der Waals surface area contributed by atoms with E-state index in [4.69, 9.17) is 0 Å². The first kappa shape index (κ1) is 15.8. The fourth-order valence-corrected chi connectivity index (χ4v) is 3.35. The standard InChI is InChI=1S/C20H22N4O/c25-20(14-17-6-2-1-3-7-17)23-12-10-22(11-13-23)16-24-19-9-5-4-8-18(19)15-21-24/h1-9,15H,10-14,16H2. The van der Waals surface area contributed by atoms with Crippen molar-refractivity contribution in [2.75, 3.05) is 26.2 Å². The highest BCUT2D eigenvalue weighted by molar-refractivity contribution is 5.79. The Bertz CT molecular complexity index is 850. The van der Waals surface area contributed by atoms with Crippen molar-refractivity contribution in [1.29, 1.82) is 0 Å². The fraction of sp³-hybridized carbons (Fsp3) is 0.300. The molecule has 0 radical (unpaired) electrons. The number of nitrogens with zero attached hydrogens (tertiary/aromatic N) is 4. The molecule has 0 unspecified atom stereocenters. The summed E-state index contributed by atoms with van der Waals surface area (Å²) in [4.78, 5) is 16.8. The molecule has 0 spiro atoms. The molecule has 5 heteroatoms. The van der Waals surface area contributed by atoms with Crippen LogP contribution in [0.4, 0.5) is 0 Å². The second-order valence-electron chi connectivity index (χ2n) is 6.51. The predicted molar refractivity (Wildman–Crippen MR) is 98.0 cm³/mol. The van der Waals surface area contributed by atoms with Gasteiger partial charge in [0.1, 0.15) is 0 Å². The van der Waals surface area contributed by atoms with Crippen molar-refractivity contribution in [3.05, 3.63) is 66.4 Å². The maximum atomic E-state index is 12.5. The second-order valence-corrected chi connectivity index (χ2v) is 6.51. The molecule has 128 valence electrons. The van der Waals surface area contributed by atoms with Crippen LogP contribution in [-0.4, -0.2) is 51.7 Å². The lowest BCUT2D eigenvalue weighted by Crippen LogP contribution is -2.49. The number of hydrogen-bond acceptors (Lipinski definition) is 3. The quantitative estimate of drug-likeness (QED) is 0.736. The number of carbonyl (C=O) groups is 1. The summed E-state index contributed by atoms with van der Waals surface area (Å²) in [5.41, 5.74) is 2.24. The first-order chi connectivity index (χ1) is 12.3. The highest BCUT2D eigenvalue weighted by Crippen LogP contribution is 2.14. The summed E-state index contributed by atoms with van der Waals surface area (Å²) in [6.45, 7) is 4.10. The van der Waals surface area contributed by atoms with Crippen LogP contribution >= 0.6 is 0 Å². The van der Waals surface area contributed by atoms with Gasteiger partial charge in [-0.05, 0) is 11.6 Å². The lowest BCUT2D eigenvalue weighted by molar-refractivity contribution is -0.132. The molecule has 5 nitrogen and oxygen atoms in total. The smallest absolute Gasteiger partial charge is 0.227 e. The average molecular weight is 334 g/mol. The van der Waals surface area contributed by atoms with Crippen LogP contribution in [0.5, 0.6) is 0 Å². The number of rotatable bonds is 4. The Balaban J connectivity index is 1.33. The molecule has 4 rings (SSSR count). The van der Waals surface area contributed by atoms with Gasteiger partial charge in [-0.2, -0.15) is 5.10 Å². The molecule has 2 aromatic carbocycles. The summed E-state index contributed by atoms with van der Waals surface area (Å²) >= 11 is 0. The number of benzene rings is 2. The Morgan fingerprint density at radius 1 is 0.920 bits per heavy atom. The number of piperazine rings is 1. The minimum Gasteiger partial charge on any atom is -0.340 e. The number of aromatic nitrogens is 2. The molecule has 0 saturated carbocycles. The molecule has 0 atom stereocenters. The van der Waals surface area contributed by atoms with Gasteiger partial charge in [0.25, 0.3) is 0 Å². The molecule has 1 amide bonds. The zero-order valence-corrected chi connectivity index (χ0v) is 14.2. The molecule has 3 aromatic rings. The van der Waals surface area contributed by atoms with Crippen LogP contribution in [0, 0.1) is 0 Å². The number of amides is 1. The molecule has 1 fully saturated rings. The first-order valence-corrected chi connectivity index (χ1v) is 8.74. The Morgan fingerprint density at radius 3 is 2.44 bits per heavy atom. The Morgan fingerprint density at radius 2 is 1.64 bits per heavy atom. The third kappa shape index (κ3) is 3.56. The van der Waals surface area contributed by atoms with Crippen molar-refractivity contribution in [3.8, 4) is 0 Å². The van der Waals surface area contributed by atoms with Crippen LogP contribution in [0.15, 0.2) is 60.8 Å². The first-order valence-electron chi connectivity index (χ1n) is 8.74. The highest BCUT2D eigenvalue weighted by Gasteiger charge is 2.21. The average Bonchev–Trinajstić information content (AvgIpc) is 3.06. The molecule has 1 aliphatic heterocycles. The van der Waals surface area contributed by atoms with Crippen LogP contribution in [0.3, 0.4) is 0 Å². The fourth-order valence-electron chi connectivity index (χ4n) is 3.35. The number of fused-ring (bicyclic) bond motifs is 1. The van der Waals surface area contributed by atoms with Crippen LogP contribution in [0.25, 0.3) is 10.9 Å². The topological polar surface area (TPSA) is 41.4 Å². The van der Waals surface area contributed by atoms with Gasteiger partial charge in [-0.15, -0.1) is 0 Å². The van der Waals surface area contributed by atoms with E-state index in [-0.39, 0.29) is 5.91 Å². The molecular weight excluding hydrogens is 312 g/mol. The summed E-state index contributed by atoms with van der Waals surface area (Å²) in [5.74, 6) is 0.218. The molecule has 0 aliphatic carbocycles. The van der Waals surface area contributed by atoms with Gasteiger partial charge < -0.3 is 4.90 Å². The number of hydrogen-bond donors (Lipinski definition) is 0. The largest absolute Gasteiger partial charge is 0.340 e.